The van der Waals surface area contributed by atoms with Crippen LogP contribution in [0.4, 0.5) is 11.4 Å². The molecule has 2 aromatic rings. The van der Waals surface area contributed by atoms with Crippen LogP contribution in [0.2, 0.25) is 0 Å². The highest BCUT2D eigenvalue weighted by atomic mass is 32.1. The van der Waals surface area contributed by atoms with E-state index >= 15 is 0 Å². The molecular formula is C18H11N3O6S. The van der Waals surface area contributed by atoms with Crippen LogP contribution in [0.25, 0.3) is 6.08 Å². The Balaban J connectivity index is 1.81. The smallest absolute Gasteiger partial charge is 0.280 e. The van der Waals surface area contributed by atoms with E-state index in [-0.39, 0.29) is 40.2 Å². The topological polar surface area (TPSA) is 111 Å². The number of carbonyl (C=O) groups is 2. The van der Waals surface area contributed by atoms with E-state index in [2.05, 4.69) is 5.32 Å². The number of fused-ring (bicyclic) bond motifs is 1. The molecule has 140 valence electrons. The molecule has 2 aliphatic rings. The average molecular weight is 397 g/mol. The maximum atomic E-state index is 12.9. The van der Waals surface area contributed by atoms with Crippen LogP contribution in [0.5, 0.6) is 11.5 Å². The molecule has 0 aromatic heterocycles. The zero-order valence-corrected chi connectivity index (χ0v) is 14.9. The van der Waals surface area contributed by atoms with E-state index in [1.54, 1.807) is 30.3 Å². The van der Waals surface area contributed by atoms with Gasteiger partial charge in [-0.1, -0.05) is 18.2 Å². The van der Waals surface area contributed by atoms with Gasteiger partial charge in [0.1, 0.15) is 5.57 Å². The third kappa shape index (κ3) is 2.95. The molecule has 2 aromatic carbocycles. The van der Waals surface area contributed by atoms with Gasteiger partial charge in [-0.05, 0) is 36.5 Å². The quantitative estimate of drug-likeness (QED) is 0.278. The second-order valence-electron chi connectivity index (χ2n) is 5.81. The number of amides is 2. The zero-order chi connectivity index (χ0) is 19.8. The number of hydrogen-bond donors (Lipinski definition) is 1. The van der Waals surface area contributed by atoms with Crippen LogP contribution in [0.15, 0.2) is 48.0 Å². The van der Waals surface area contributed by atoms with Crippen molar-refractivity contribution in [3.05, 3.63) is 63.7 Å². The number of nitrogens with one attached hydrogen (secondary N) is 1. The van der Waals surface area contributed by atoms with Crippen LogP contribution in [0.1, 0.15) is 5.56 Å². The summed E-state index contributed by atoms with van der Waals surface area (Å²) in [5.41, 5.74) is -0.117. The summed E-state index contributed by atoms with van der Waals surface area (Å²) in [6.07, 6.45) is 1.15. The van der Waals surface area contributed by atoms with Gasteiger partial charge in [0, 0.05) is 0 Å². The first-order valence-corrected chi connectivity index (χ1v) is 8.41. The fraction of sp³-hybridized carbons (Fsp3) is 0.0556. The van der Waals surface area contributed by atoms with Gasteiger partial charge < -0.3 is 9.47 Å². The maximum absolute atomic E-state index is 12.9. The number of para-hydroxylation sites is 1. The molecule has 0 unspecified atom stereocenters. The summed E-state index contributed by atoms with van der Waals surface area (Å²) in [6.45, 7) is -0.0675. The largest absolute Gasteiger partial charge is 0.454 e. The highest BCUT2D eigenvalue weighted by Gasteiger charge is 2.35. The van der Waals surface area contributed by atoms with Gasteiger partial charge in [0.05, 0.1) is 22.2 Å². The summed E-state index contributed by atoms with van der Waals surface area (Å²) in [5, 5.41) is 13.8. The van der Waals surface area contributed by atoms with E-state index in [4.69, 9.17) is 21.7 Å². The third-order valence-corrected chi connectivity index (χ3v) is 4.42. The van der Waals surface area contributed by atoms with Crippen LogP contribution in [-0.2, 0) is 9.59 Å². The summed E-state index contributed by atoms with van der Waals surface area (Å²) < 4.78 is 10.4. The highest BCUT2D eigenvalue weighted by molar-refractivity contribution is 7.80. The highest BCUT2D eigenvalue weighted by Crippen LogP contribution is 2.39. The average Bonchev–Trinajstić information content (AvgIpc) is 3.12. The monoisotopic (exact) mass is 397 g/mol. The summed E-state index contributed by atoms with van der Waals surface area (Å²) in [4.78, 5) is 37.3. The number of anilines is 1. The standard InChI is InChI=1S/C18H11N3O6S/c22-16-12(17(23)20(18(28)19-16)11-4-2-1-3-5-11)6-10-7-14-15(27-9-26-14)8-13(10)21(24)25/h1-8H,9H2,(H,19,22,28)/b12-6+. The van der Waals surface area contributed by atoms with Gasteiger partial charge in [0.25, 0.3) is 17.5 Å². The fourth-order valence-electron chi connectivity index (χ4n) is 2.85. The molecule has 2 aliphatic heterocycles. The Morgan fingerprint density at radius 3 is 2.50 bits per heavy atom. The van der Waals surface area contributed by atoms with Crippen molar-refractivity contribution in [2.24, 2.45) is 0 Å². The lowest BCUT2D eigenvalue weighted by Crippen LogP contribution is -2.54. The molecule has 0 saturated carbocycles. The molecule has 1 saturated heterocycles. The number of benzene rings is 2. The van der Waals surface area contributed by atoms with Gasteiger partial charge in [-0.3, -0.25) is 29.9 Å². The Labute approximate surface area is 163 Å². The second-order valence-corrected chi connectivity index (χ2v) is 6.20. The zero-order valence-electron chi connectivity index (χ0n) is 14.1. The Hall–Kier alpha value is -3.79. The SMILES string of the molecule is O=C1NC(=S)N(c2ccccc2)C(=O)/C1=C/c1cc2c(cc1[N+](=O)[O-])OCO2. The van der Waals surface area contributed by atoms with Crippen molar-refractivity contribution in [2.75, 3.05) is 11.7 Å². The first kappa shape index (κ1) is 17.6. The van der Waals surface area contributed by atoms with E-state index < -0.39 is 16.7 Å². The molecule has 0 atom stereocenters. The fourth-order valence-corrected chi connectivity index (χ4v) is 3.13. The minimum absolute atomic E-state index is 0.0357. The van der Waals surface area contributed by atoms with Gasteiger partial charge in [-0.2, -0.15) is 0 Å². The number of nitrogens with zero attached hydrogens (tertiary/aromatic N) is 2. The van der Waals surface area contributed by atoms with Crippen molar-refractivity contribution in [3.8, 4) is 11.5 Å². The van der Waals surface area contributed by atoms with Crippen molar-refractivity contribution in [3.63, 3.8) is 0 Å². The van der Waals surface area contributed by atoms with Crippen LogP contribution in [-0.4, -0.2) is 28.6 Å². The maximum Gasteiger partial charge on any atom is 0.280 e. The minimum atomic E-state index is -0.742. The van der Waals surface area contributed by atoms with Crippen molar-refractivity contribution in [2.45, 2.75) is 0 Å². The lowest BCUT2D eigenvalue weighted by molar-refractivity contribution is -0.385. The molecule has 4 rings (SSSR count). The second kappa shape index (κ2) is 6.74. The number of ether oxygens (including phenoxy) is 2. The number of nitro benzene ring substituents is 1. The Kier molecular flexibility index (Phi) is 4.24. The molecule has 0 spiro atoms. The predicted molar refractivity (Wildman–Crippen MR) is 102 cm³/mol. The van der Waals surface area contributed by atoms with Gasteiger partial charge in [0.2, 0.25) is 6.79 Å². The Morgan fingerprint density at radius 2 is 1.82 bits per heavy atom. The molecule has 2 amide bonds. The molecule has 28 heavy (non-hydrogen) atoms. The van der Waals surface area contributed by atoms with Gasteiger partial charge >= 0.3 is 0 Å². The molecule has 10 heteroatoms. The van der Waals surface area contributed by atoms with Crippen LogP contribution in [0.3, 0.4) is 0 Å². The molecular weight excluding hydrogens is 386 g/mol. The van der Waals surface area contributed by atoms with E-state index in [0.717, 1.165) is 11.0 Å². The summed E-state index contributed by atoms with van der Waals surface area (Å²) in [6, 6.07) is 11.1. The van der Waals surface area contributed by atoms with Crippen molar-refractivity contribution >= 4 is 46.6 Å². The lowest BCUT2D eigenvalue weighted by atomic mass is 10.0. The van der Waals surface area contributed by atoms with Crippen molar-refractivity contribution in [1.82, 2.24) is 5.32 Å². The minimum Gasteiger partial charge on any atom is -0.454 e. The summed E-state index contributed by atoms with van der Waals surface area (Å²) >= 11 is 5.11. The van der Waals surface area contributed by atoms with Gasteiger partial charge in [0.15, 0.2) is 16.6 Å². The molecule has 0 radical (unpaired) electrons. The number of nitro groups is 1. The van der Waals surface area contributed by atoms with E-state index in [0.29, 0.717) is 5.69 Å². The number of carbonyl (C=O) groups excluding carboxylic acids is 2. The Bertz CT molecular complexity index is 1070. The van der Waals surface area contributed by atoms with E-state index in [1.165, 1.54) is 12.1 Å². The summed E-state index contributed by atoms with van der Waals surface area (Å²) in [5.74, 6) is -0.919. The Morgan fingerprint density at radius 1 is 1.14 bits per heavy atom. The van der Waals surface area contributed by atoms with Crippen molar-refractivity contribution < 1.29 is 24.0 Å². The summed E-state index contributed by atoms with van der Waals surface area (Å²) in [7, 11) is 0. The van der Waals surface area contributed by atoms with Crippen LogP contribution >= 0.6 is 12.2 Å². The molecule has 1 fully saturated rings. The van der Waals surface area contributed by atoms with Crippen molar-refractivity contribution in [1.29, 1.82) is 0 Å². The van der Waals surface area contributed by atoms with Crippen LogP contribution < -0.4 is 19.7 Å². The predicted octanol–water partition coefficient (Wildman–Crippen LogP) is 2.15. The van der Waals surface area contributed by atoms with Gasteiger partial charge in [-0.25, -0.2) is 0 Å². The molecule has 9 nitrogen and oxygen atoms in total. The first-order valence-electron chi connectivity index (χ1n) is 8.00. The van der Waals surface area contributed by atoms with Crippen LogP contribution in [0, 0.1) is 10.1 Å². The van der Waals surface area contributed by atoms with Gasteiger partial charge in [-0.15, -0.1) is 0 Å². The molecule has 0 bridgehead atoms. The van der Waals surface area contributed by atoms with E-state index in [9.17, 15) is 19.7 Å². The molecule has 0 aliphatic carbocycles. The van der Waals surface area contributed by atoms with E-state index in [1.807, 2.05) is 0 Å². The number of thiocarbonyl (C=S) groups is 1. The lowest BCUT2D eigenvalue weighted by Gasteiger charge is -2.28. The normalized spacial score (nSPS) is 17.1. The number of hydrogen-bond acceptors (Lipinski definition) is 7. The molecule has 2 heterocycles. The molecule has 1 N–H and O–H groups in total. The third-order valence-electron chi connectivity index (χ3n) is 4.13. The first-order chi connectivity index (χ1) is 13.5. The number of rotatable bonds is 3.